The fourth-order valence-electron chi connectivity index (χ4n) is 1.99. The van der Waals surface area contributed by atoms with Crippen LogP contribution in [0.4, 0.5) is 0 Å². The second-order valence-corrected chi connectivity index (χ2v) is 4.26. The minimum Gasteiger partial charge on any atom is -0.508 e. The molecule has 2 atom stereocenters. The van der Waals surface area contributed by atoms with Gasteiger partial charge in [0.15, 0.2) is 0 Å². The van der Waals surface area contributed by atoms with Gasteiger partial charge in [-0.1, -0.05) is 0 Å². The lowest BCUT2D eigenvalue weighted by Crippen LogP contribution is -1.95. The van der Waals surface area contributed by atoms with Gasteiger partial charge in [0.05, 0.1) is 0 Å². The minimum atomic E-state index is 0.0554. The fourth-order valence-corrected chi connectivity index (χ4v) is 1.99. The Kier molecular flexibility index (Phi) is 2.18. The SMILES string of the molecule is CC(=O)C1CC1c1cc(C)c(O)cc1O. The molecule has 0 amide bonds. The summed E-state index contributed by atoms with van der Waals surface area (Å²) in [5.41, 5.74) is 1.52. The number of carbonyl (C=O) groups excluding carboxylic acids is 1. The average Bonchev–Trinajstić information content (AvgIpc) is 2.90. The Labute approximate surface area is 88.4 Å². The van der Waals surface area contributed by atoms with Crippen molar-refractivity contribution in [3.63, 3.8) is 0 Å². The number of aryl methyl sites for hydroxylation is 1. The molecule has 80 valence electrons. The van der Waals surface area contributed by atoms with Gasteiger partial charge in [-0.2, -0.15) is 0 Å². The predicted molar refractivity (Wildman–Crippen MR) is 56.0 cm³/mol. The monoisotopic (exact) mass is 206 g/mol. The molecule has 3 heteroatoms. The van der Waals surface area contributed by atoms with Crippen molar-refractivity contribution in [2.75, 3.05) is 0 Å². The van der Waals surface area contributed by atoms with Gasteiger partial charge in [0, 0.05) is 12.0 Å². The van der Waals surface area contributed by atoms with Gasteiger partial charge in [0.25, 0.3) is 0 Å². The number of benzene rings is 1. The molecule has 0 aromatic heterocycles. The van der Waals surface area contributed by atoms with Crippen molar-refractivity contribution in [2.45, 2.75) is 26.2 Å². The van der Waals surface area contributed by atoms with Crippen molar-refractivity contribution in [2.24, 2.45) is 5.92 Å². The van der Waals surface area contributed by atoms with Gasteiger partial charge in [0.1, 0.15) is 17.3 Å². The van der Waals surface area contributed by atoms with Crippen molar-refractivity contribution in [3.05, 3.63) is 23.3 Å². The van der Waals surface area contributed by atoms with Gasteiger partial charge < -0.3 is 10.2 Å². The molecule has 1 aromatic rings. The number of rotatable bonds is 2. The van der Waals surface area contributed by atoms with Crippen molar-refractivity contribution < 1.29 is 15.0 Å². The molecule has 15 heavy (non-hydrogen) atoms. The Morgan fingerprint density at radius 3 is 2.53 bits per heavy atom. The second kappa shape index (κ2) is 3.26. The number of phenolic OH excluding ortho intramolecular Hbond substituents is 2. The third-order valence-electron chi connectivity index (χ3n) is 3.06. The van der Waals surface area contributed by atoms with Gasteiger partial charge in [-0.25, -0.2) is 0 Å². The highest BCUT2D eigenvalue weighted by Crippen LogP contribution is 2.51. The maximum Gasteiger partial charge on any atom is 0.133 e. The number of phenols is 2. The summed E-state index contributed by atoms with van der Waals surface area (Å²) < 4.78 is 0. The van der Waals surface area contributed by atoms with Gasteiger partial charge in [-0.05, 0) is 43.4 Å². The lowest BCUT2D eigenvalue weighted by Gasteiger charge is -2.06. The van der Waals surface area contributed by atoms with Crippen LogP contribution in [0.15, 0.2) is 12.1 Å². The summed E-state index contributed by atoms with van der Waals surface area (Å²) in [5.74, 6) is 0.551. The Bertz CT molecular complexity index is 423. The molecule has 0 saturated heterocycles. The zero-order valence-corrected chi connectivity index (χ0v) is 8.82. The van der Waals surface area contributed by atoms with Crippen LogP contribution in [0, 0.1) is 12.8 Å². The fraction of sp³-hybridized carbons (Fsp3) is 0.417. The van der Waals surface area contributed by atoms with E-state index >= 15 is 0 Å². The summed E-state index contributed by atoms with van der Waals surface area (Å²) in [5, 5.41) is 19.0. The molecular weight excluding hydrogens is 192 g/mol. The summed E-state index contributed by atoms with van der Waals surface area (Å²) in [6.07, 6.45) is 0.813. The van der Waals surface area contributed by atoms with Crippen LogP contribution in [-0.4, -0.2) is 16.0 Å². The Balaban J connectivity index is 2.31. The molecule has 1 saturated carbocycles. The van der Waals surface area contributed by atoms with Crippen molar-refractivity contribution >= 4 is 5.78 Å². The predicted octanol–water partition coefficient (Wildman–Crippen LogP) is 2.10. The lowest BCUT2D eigenvalue weighted by atomic mass is 10.0. The van der Waals surface area contributed by atoms with Gasteiger partial charge in [-0.15, -0.1) is 0 Å². The van der Waals surface area contributed by atoms with Gasteiger partial charge >= 0.3 is 0 Å². The summed E-state index contributed by atoms with van der Waals surface area (Å²) in [6.45, 7) is 3.36. The maximum absolute atomic E-state index is 11.1. The third kappa shape index (κ3) is 1.69. The van der Waals surface area contributed by atoms with E-state index in [2.05, 4.69) is 0 Å². The molecule has 3 nitrogen and oxygen atoms in total. The normalized spacial score (nSPS) is 23.9. The van der Waals surface area contributed by atoms with E-state index in [9.17, 15) is 15.0 Å². The first-order chi connectivity index (χ1) is 7.00. The Hall–Kier alpha value is -1.51. The maximum atomic E-state index is 11.1. The molecule has 2 rings (SSSR count). The molecule has 1 aromatic carbocycles. The molecular formula is C12H14O3. The van der Waals surface area contributed by atoms with Gasteiger partial charge in [-0.3, -0.25) is 4.79 Å². The van der Waals surface area contributed by atoms with Crippen molar-refractivity contribution in [1.82, 2.24) is 0 Å². The molecule has 1 fully saturated rings. The van der Waals surface area contributed by atoms with Crippen LogP contribution in [0.1, 0.15) is 30.4 Å². The molecule has 0 aliphatic heterocycles. The summed E-state index contributed by atoms with van der Waals surface area (Å²) >= 11 is 0. The van der Waals surface area contributed by atoms with Crippen molar-refractivity contribution in [3.8, 4) is 11.5 Å². The van der Waals surface area contributed by atoms with E-state index < -0.39 is 0 Å². The first kappa shape index (κ1) is 10.0. The average molecular weight is 206 g/mol. The van der Waals surface area contributed by atoms with Gasteiger partial charge in [0.2, 0.25) is 0 Å². The third-order valence-corrected chi connectivity index (χ3v) is 3.06. The highest BCUT2D eigenvalue weighted by molar-refractivity contribution is 5.82. The summed E-state index contributed by atoms with van der Waals surface area (Å²) in [7, 11) is 0. The Morgan fingerprint density at radius 1 is 1.33 bits per heavy atom. The van der Waals surface area contributed by atoms with E-state index in [0.717, 1.165) is 17.5 Å². The summed E-state index contributed by atoms with van der Waals surface area (Å²) in [6, 6.07) is 3.11. The molecule has 2 unspecified atom stereocenters. The largest absolute Gasteiger partial charge is 0.508 e. The molecule has 0 radical (unpaired) electrons. The van der Waals surface area contributed by atoms with E-state index in [4.69, 9.17) is 0 Å². The highest BCUT2D eigenvalue weighted by Gasteiger charge is 2.43. The molecule has 0 bridgehead atoms. The van der Waals surface area contributed by atoms with Crippen LogP contribution < -0.4 is 0 Å². The standard InChI is InChI=1S/C12H14O3/c1-6-3-10(12(15)5-11(6)14)9-4-8(9)7(2)13/h3,5,8-9,14-15H,4H2,1-2H3. The lowest BCUT2D eigenvalue weighted by molar-refractivity contribution is -0.118. The van der Waals surface area contributed by atoms with Crippen LogP contribution in [0.3, 0.4) is 0 Å². The first-order valence-corrected chi connectivity index (χ1v) is 5.03. The van der Waals surface area contributed by atoms with Crippen LogP contribution in [0.5, 0.6) is 11.5 Å². The number of hydrogen-bond acceptors (Lipinski definition) is 3. The summed E-state index contributed by atoms with van der Waals surface area (Å²) in [4.78, 5) is 11.1. The highest BCUT2D eigenvalue weighted by atomic mass is 16.3. The van der Waals surface area contributed by atoms with E-state index in [1.165, 1.54) is 6.07 Å². The zero-order valence-electron chi connectivity index (χ0n) is 8.82. The molecule has 0 heterocycles. The van der Waals surface area contributed by atoms with Crippen molar-refractivity contribution in [1.29, 1.82) is 0 Å². The number of hydrogen-bond donors (Lipinski definition) is 2. The number of aromatic hydroxyl groups is 2. The van der Waals surface area contributed by atoms with Crippen LogP contribution in [0.2, 0.25) is 0 Å². The number of ketones is 1. The van der Waals surface area contributed by atoms with E-state index in [1.54, 1.807) is 19.9 Å². The number of carbonyl (C=O) groups is 1. The smallest absolute Gasteiger partial charge is 0.133 e. The number of Topliss-reactive ketones (excluding diaryl/α,β-unsaturated/α-hetero) is 1. The van der Waals surface area contributed by atoms with E-state index in [-0.39, 0.29) is 29.1 Å². The van der Waals surface area contributed by atoms with Crippen LogP contribution in [0.25, 0.3) is 0 Å². The quantitative estimate of drug-likeness (QED) is 0.779. The topological polar surface area (TPSA) is 57.5 Å². The molecule has 1 aliphatic carbocycles. The molecule has 1 aliphatic rings. The van der Waals surface area contributed by atoms with E-state index in [1.807, 2.05) is 0 Å². The van der Waals surface area contributed by atoms with Crippen LogP contribution >= 0.6 is 0 Å². The van der Waals surface area contributed by atoms with E-state index in [0.29, 0.717) is 0 Å². The zero-order chi connectivity index (χ0) is 11.2. The molecule has 2 N–H and O–H groups in total. The molecule has 0 spiro atoms. The first-order valence-electron chi connectivity index (χ1n) is 5.03. The minimum absolute atomic E-state index is 0.0554. The Morgan fingerprint density at radius 2 is 2.00 bits per heavy atom. The second-order valence-electron chi connectivity index (χ2n) is 4.26. The van der Waals surface area contributed by atoms with Crippen LogP contribution in [-0.2, 0) is 4.79 Å².